The van der Waals surface area contributed by atoms with Crippen molar-refractivity contribution in [2.45, 2.75) is 32.3 Å². The predicted octanol–water partition coefficient (Wildman–Crippen LogP) is 0.513. The van der Waals surface area contributed by atoms with Crippen molar-refractivity contribution < 1.29 is 9.53 Å². The number of hydrogen-bond donors (Lipinski definition) is 2. The molecule has 0 aromatic carbocycles. The van der Waals surface area contributed by atoms with Gasteiger partial charge in [0.1, 0.15) is 6.10 Å². The number of carbonyl (C=O) groups excluding carboxylic acids is 1. The predicted molar refractivity (Wildman–Crippen MR) is 59.4 cm³/mol. The van der Waals surface area contributed by atoms with E-state index in [9.17, 15) is 4.79 Å². The van der Waals surface area contributed by atoms with Gasteiger partial charge in [0.05, 0.1) is 6.61 Å². The maximum atomic E-state index is 11.2. The summed E-state index contributed by atoms with van der Waals surface area (Å²) < 4.78 is 5.54. The minimum atomic E-state index is -0.353. The van der Waals surface area contributed by atoms with Crippen LogP contribution in [0.4, 0.5) is 0 Å². The fourth-order valence-corrected chi connectivity index (χ4v) is 2.19. The lowest BCUT2D eigenvalue weighted by Gasteiger charge is -2.20. The van der Waals surface area contributed by atoms with Crippen LogP contribution in [0.15, 0.2) is 0 Å². The van der Waals surface area contributed by atoms with Gasteiger partial charge in [0.2, 0.25) is 5.91 Å². The largest absolute Gasteiger partial charge is 0.368 e. The monoisotopic (exact) mass is 214 g/mol. The molecule has 1 rings (SSSR count). The summed E-state index contributed by atoms with van der Waals surface area (Å²) in [4.78, 5) is 11.2. The Bertz CT molecular complexity index is 209. The molecule has 4 heteroatoms. The fraction of sp³-hybridized carbons (Fsp3) is 0.909. The van der Waals surface area contributed by atoms with Crippen molar-refractivity contribution in [2.24, 2.45) is 17.6 Å². The Kier molecular flexibility index (Phi) is 5.05. The second-order valence-electron chi connectivity index (χ2n) is 4.28. The third kappa shape index (κ3) is 3.47. The van der Waals surface area contributed by atoms with Crippen LogP contribution >= 0.6 is 0 Å². The number of nitrogens with one attached hydrogen (secondary N) is 1. The smallest absolute Gasteiger partial charge is 0.248 e. The molecule has 0 heterocycles. The molecule has 1 aliphatic rings. The van der Waals surface area contributed by atoms with Crippen LogP contribution in [0.5, 0.6) is 0 Å². The third-order valence-electron chi connectivity index (χ3n) is 3.30. The van der Waals surface area contributed by atoms with Crippen molar-refractivity contribution in [3.63, 3.8) is 0 Å². The van der Waals surface area contributed by atoms with Crippen molar-refractivity contribution in [2.75, 3.05) is 20.2 Å². The molecular weight excluding hydrogens is 192 g/mol. The zero-order valence-corrected chi connectivity index (χ0v) is 9.66. The molecule has 0 bridgehead atoms. The van der Waals surface area contributed by atoms with E-state index in [0.717, 1.165) is 6.54 Å². The highest BCUT2D eigenvalue weighted by Crippen LogP contribution is 2.31. The van der Waals surface area contributed by atoms with Gasteiger partial charge < -0.3 is 15.8 Å². The lowest BCUT2D eigenvalue weighted by molar-refractivity contribution is -0.132. The molecule has 0 aromatic heterocycles. The van der Waals surface area contributed by atoms with E-state index < -0.39 is 0 Å². The first-order valence-corrected chi connectivity index (χ1v) is 5.72. The van der Waals surface area contributed by atoms with E-state index in [-0.39, 0.29) is 12.0 Å². The average Bonchev–Trinajstić information content (AvgIpc) is 2.71. The molecule has 0 saturated heterocycles. The van der Waals surface area contributed by atoms with Crippen LogP contribution in [0.2, 0.25) is 0 Å². The second kappa shape index (κ2) is 6.08. The van der Waals surface area contributed by atoms with E-state index in [1.54, 1.807) is 14.0 Å². The van der Waals surface area contributed by atoms with E-state index in [1.165, 1.54) is 19.3 Å². The third-order valence-corrected chi connectivity index (χ3v) is 3.30. The first-order chi connectivity index (χ1) is 7.19. The maximum absolute atomic E-state index is 11.2. The molecule has 15 heavy (non-hydrogen) atoms. The highest BCUT2D eigenvalue weighted by atomic mass is 16.5. The van der Waals surface area contributed by atoms with Crippen molar-refractivity contribution in [1.29, 1.82) is 0 Å². The first kappa shape index (κ1) is 12.5. The Morgan fingerprint density at radius 2 is 2.20 bits per heavy atom. The van der Waals surface area contributed by atoms with Gasteiger partial charge in [-0.1, -0.05) is 6.42 Å². The van der Waals surface area contributed by atoms with Crippen molar-refractivity contribution in [3.8, 4) is 0 Å². The summed E-state index contributed by atoms with van der Waals surface area (Å²) in [5.41, 5.74) is 5.68. The normalized spacial score (nSPS) is 27.7. The van der Waals surface area contributed by atoms with Gasteiger partial charge in [-0.2, -0.15) is 0 Å². The van der Waals surface area contributed by atoms with Crippen LogP contribution in [-0.4, -0.2) is 32.2 Å². The minimum Gasteiger partial charge on any atom is -0.368 e. The molecule has 1 fully saturated rings. The Morgan fingerprint density at radius 1 is 1.53 bits per heavy atom. The summed E-state index contributed by atoms with van der Waals surface area (Å²) in [6.07, 6.45) is 3.28. The molecular formula is C11H22N2O2. The van der Waals surface area contributed by atoms with Crippen molar-refractivity contribution >= 4 is 5.91 Å². The van der Waals surface area contributed by atoms with Crippen LogP contribution in [0, 0.1) is 11.8 Å². The van der Waals surface area contributed by atoms with Gasteiger partial charge in [0.15, 0.2) is 0 Å². The topological polar surface area (TPSA) is 64.3 Å². The summed E-state index contributed by atoms with van der Waals surface area (Å²) in [5, 5.41) is 2.58. The molecule has 4 nitrogen and oxygen atoms in total. The number of carbonyl (C=O) groups is 1. The van der Waals surface area contributed by atoms with Crippen molar-refractivity contribution in [3.05, 3.63) is 0 Å². The molecule has 1 amide bonds. The van der Waals surface area contributed by atoms with Crippen LogP contribution in [0.1, 0.15) is 26.2 Å². The number of nitrogens with two attached hydrogens (primary N) is 1. The molecule has 3 N–H and O–H groups in total. The lowest BCUT2D eigenvalue weighted by Crippen LogP contribution is -2.33. The summed E-state index contributed by atoms with van der Waals surface area (Å²) in [5.74, 6) is 1.07. The van der Waals surface area contributed by atoms with E-state index in [2.05, 4.69) is 5.32 Å². The molecule has 1 saturated carbocycles. The average molecular weight is 214 g/mol. The number of amides is 1. The molecule has 3 atom stereocenters. The zero-order chi connectivity index (χ0) is 11.3. The summed E-state index contributed by atoms with van der Waals surface area (Å²) in [6, 6.07) is 0. The van der Waals surface area contributed by atoms with Crippen molar-refractivity contribution in [1.82, 2.24) is 5.32 Å². The Hall–Kier alpha value is -0.610. The standard InChI is InChI=1S/C11H22N2O2/c1-8(11(14)13-2)15-7-10-5-3-4-9(10)6-12/h8-10H,3-7,12H2,1-2H3,(H,13,14). The van der Waals surface area contributed by atoms with Gasteiger partial charge in [-0.25, -0.2) is 0 Å². The molecule has 88 valence electrons. The fourth-order valence-electron chi connectivity index (χ4n) is 2.19. The number of hydrogen-bond acceptors (Lipinski definition) is 3. The van der Waals surface area contributed by atoms with Gasteiger partial charge in [-0.05, 0) is 38.1 Å². The minimum absolute atomic E-state index is 0.0581. The Labute approximate surface area is 91.5 Å². The van der Waals surface area contributed by atoms with Gasteiger partial charge in [0, 0.05) is 7.05 Å². The second-order valence-corrected chi connectivity index (χ2v) is 4.28. The number of ether oxygens (including phenoxy) is 1. The molecule has 0 radical (unpaired) electrons. The Morgan fingerprint density at radius 3 is 2.80 bits per heavy atom. The maximum Gasteiger partial charge on any atom is 0.248 e. The summed E-state index contributed by atoms with van der Waals surface area (Å²) in [7, 11) is 1.63. The van der Waals surface area contributed by atoms with Crippen LogP contribution in [0.3, 0.4) is 0 Å². The molecule has 0 aliphatic heterocycles. The molecule has 0 spiro atoms. The van der Waals surface area contributed by atoms with E-state index in [4.69, 9.17) is 10.5 Å². The van der Waals surface area contributed by atoms with Crippen LogP contribution in [-0.2, 0) is 9.53 Å². The zero-order valence-electron chi connectivity index (χ0n) is 9.66. The number of rotatable bonds is 5. The molecule has 3 unspecified atom stereocenters. The highest BCUT2D eigenvalue weighted by Gasteiger charge is 2.27. The van der Waals surface area contributed by atoms with E-state index in [0.29, 0.717) is 18.4 Å². The van der Waals surface area contributed by atoms with Gasteiger partial charge >= 0.3 is 0 Å². The van der Waals surface area contributed by atoms with Crippen LogP contribution in [0.25, 0.3) is 0 Å². The Balaban J connectivity index is 2.27. The molecule has 0 aromatic rings. The number of likely N-dealkylation sites (N-methyl/N-ethyl adjacent to an activating group) is 1. The van der Waals surface area contributed by atoms with Gasteiger partial charge in [0.25, 0.3) is 0 Å². The SMILES string of the molecule is CNC(=O)C(C)OCC1CCCC1CN. The van der Waals surface area contributed by atoms with E-state index >= 15 is 0 Å². The van der Waals surface area contributed by atoms with Crippen LogP contribution < -0.4 is 11.1 Å². The molecule has 1 aliphatic carbocycles. The summed E-state index contributed by atoms with van der Waals surface area (Å²) in [6.45, 7) is 3.18. The lowest BCUT2D eigenvalue weighted by atomic mass is 9.97. The van der Waals surface area contributed by atoms with E-state index in [1.807, 2.05) is 0 Å². The van der Waals surface area contributed by atoms with Gasteiger partial charge in [-0.3, -0.25) is 4.79 Å². The summed E-state index contributed by atoms with van der Waals surface area (Å²) >= 11 is 0. The highest BCUT2D eigenvalue weighted by molar-refractivity contribution is 5.79. The van der Waals surface area contributed by atoms with Gasteiger partial charge in [-0.15, -0.1) is 0 Å². The first-order valence-electron chi connectivity index (χ1n) is 5.72. The quantitative estimate of drug-likeness (QED) is 0.701.